The van der Waals surface area contributed by atoms with Gasteiger partial charge in [-0.15, -0.1) is 0 Å². The normalized spacial score (nSPS) is 10.8. The Bertz CT molecular complexity index is 431. The van der Waals surface area contributed by atoms with Crippen LogP contribution in [0, 0.1) is 13.8 Å². The van der Waals surface area contributed by atoms with Crippen molar-refractivity contribution in [3.63, 3.8) is 0 Å². The topological polar surface area (TPSA) is 37.5 Å². The van der Waals surface area contributed by atoms with E-state index in [0.29, 0.717) is 0 Å². The van der Waals surface area contributed by atoms with Gasteiger partial charge < -0.3 is 5.11 Å². The van der Waals surface area contributed by atoms with E-state index in [9.17, 15) is 5.11 Å². The smallest absolute Gasteiger partial charge is 0.141 e. The molecule has 2 aromatic rings. The number of nitrogens with zero attached hydrogens (tertiary/aromatic N) is 2. The molecule has 12 heavy (non-hydrogen) atoms. The zero-order valence-corrected chi connectivity index (χ0v) is 7.07. The van der Waals surface area contributed by atoms with Gasteiger partial charge >= 0.3 is 0 Å². The predicted molar refractivity (Wildman–Crippen MR) is 46.3 cm³/mol. The molecule has 0 spiro atoms. The van der Waals surface area contributed by atoms with E-state index < -0.39 is 0 Å². The van der Waals surface area contributed by atoms with Crippen LogP contribution >= 0.6 is 0 Å². The van der Waals surface area contributed by atoms with Gasteiger partial charge in [0, 0.05) is 6.20 Å². The lowest BCUT2D eigenvalue weighted by atomic mass is 10.3. The van der Waals surface area contributed by atoms with Crippen LogP contribution in [0.3, 0.4) is 0 Å². The van der Waals surface area contributed by atoms with Crippen LogP contribution in [0.5, 0.6) is 5.75 Å². The van der Waals surface area contributed by atoms with E-state index >= 15 is 0 Å². The minimum Gasteiger partial charge on any atom is -0.506 e. The van der Waals surface area contributed by atoms with Crippen LogP contribution in [0.15, 0.2) is 18.3 Å². The van der Waals surface area contributed by atoms with Gasteiger partial charge in [0.1, 0.15) is 11.3 Å². The maximum atomic E-state index is 9.50. The van der Waals surface area contributed by atoms with Crippen LogP contribution in [0.2, 0.25) is 0 Å². The molecule has 0 fully saturated rings. The summed E-state index contributed by atoms with van der Waals surface area (Å²) in [6.45, 7) is 3.83. The van der Waals surface area contributed by atoms with Gasteiger partial charge in [-0.05, 0) is 31.5 Å². The summed E-state index contributed by atoms with van der Waals surface area (Å²) in [6, 6.07) is 3.59. The first-order valence-electron chi connectivity index (χ1n) is 3.82. The molecule has 0 saturated heterocycles. The fourth-order valence-electron chi connectivity index (χ4n) is 1.33. The number of aromatic hydroxyl groups is 1. The van der Waals surface area contributed by atoms with Gasteiger partial charge in [0.15, 0.2) is 0 Å². The van der Waals surface area contributed by atoms with Crippen LogP contribution in [0.1, 0.15) is 11.3 Å². The number of hydrogen-bond donors (Lipinski definition) is 1. The molecular formula is C9H10N2O. The van der Waals surface area contributed by atoms with Crippen molar-refractivity contribution in [3.8, 4) is 5.75 Å². The molecule has 0 saturated carbocycles. The van der Waals surface area contributed by atoms with Crippen LogP contribution in [0.4, 0.5) is 0 Å². The van der Waals surface area contributed by atoms with Crippen molar-refractivity contribution < 1.29 is 5.11 Å². The Balaban J connectivity index is 2.88. The number of aromatic nitrogens is 2. The predicted octanol–water partition coefficient (Wildman–Crippen LogP) is 1.66. The van der Waals surface area contributed by atoms with Gasteiger partial charge in [0.2, 0.25) is 0 Å². The lowest BCUT2D eigenvalue weighted by molar-refractivity contribution is 0.478. The van der Waals surface area contributed by atoms with E-state index in [4.69, 9.17) is 0 Å². The summed E-state index contributed by atoms with van der Waals surface area (Å²) in [6.07, 6.45) is 1.89. The lowest BCUT2D eigenvalue weighted by Crippen LogP contribution is -1.88. The second kappa shape index (κ2) is 2.24. The van der Waals surface area contributed by atoms with E-state index in [1.807, 2.05) is 26.1 Å². The monoisotopic (exact) mass is 162 g/mol. The Morgan fingerprint density at radius 3 is 2.83 bits per heavy atom. The molecule has 0 amide bonds. The second-order valence-electron chi connectivity index (χ2n) is 3.02. The summed E-state index contributed by atoms with van der Waals surface area (Å²) in [5, 5.41) is 13.7. The summed E-state index contributed by atoms with van der Waals surface area (Å²) in [5.41, 5.74) is 2.68. The van der Waals surface area contributed by atoms with Gasteiger partial charge in [-0.25, -0.2) is 4.52 Å². The zero-order valence-electron chi connectivity index (χ0n) is 7.07. The fraction of sp³-hybridized carbons (Fsp3) is 0.222. The van der Waals surface area contributed by atoms with Gasteiger partial charge in [-0.1, -0.05) is 0 Å². The first kappa shape index (κ1) is 7.16. The summed E-state index contributed by atoms with van der Waals surface area (Å²) >= 11 is 0. The molecular weight excluding hydrogens is 152 g/mol. The Morgan fingerprint density at radius 2 is 2.08 bits per heavy atom. The Hall–Kier alpha value is -1.51. The van der Waals surface area contributed by atoms with Crippen molar-refractivity contribution in [1.82, 2.24) is 9.61 Å². The number of rotatable bonds is 0. The highest BCUT2D eigenvalue weighted by molar-refractivity contribution is 5.60. The van der Waals surface area contributed by atoms with Crippen molar-refractivity contribution in [2.24, 2.45) is 0 Å². The van der Waals surface area contributed by atoms with Crippen LogP contribution in [0.25, 0.3) is 5.52 Å². The maximum absolute atomic E-state index is 9.50. The third kappa shape index (κ3) is 0.942. The van der Waals surface area contributed by atoms with Crippen molar-refractivity contribution >= 4 is 5.52 Å². The number of pyridine rings is 1. The Labute approximate surface area is 70.3 Å². The number of hydrogen-bond acceptors (Lipinski definition) is 2. The van der Waals surface area contributed by atoms with E-state index in [-0.39, 0.29) is 5.75 Å². The fourth-order valence-corrected chi connectivity index (χ4v) is 1.33. The van der Waals surface area contributed by atoms with Crippen LogP contribution in [-0.2, 0) is 0 Å². The highest BCUT2D eigenvalue weighted by Gasteiger charge is 2.02. The van der Waals surface area contributed by atoms with Crippen molar-refractivity contribution in [3.05, 3.63) is 29.6 Å². The van der Waals surface area contributed by atoms with Crippen LogP contribution in [-0.4, -0.2) is 14.7 Å². The molecule has 3 nitrogen and oxygen atoms in total. The molecule has 3 heteroatoms. The molecule has 0 radical (unpaired) electrons. The molecule has 0 aliphatic heterocycles. The van der Waals surface area contributed by atoms with Crippen LogP contribution < -0.4 is 0 Å². The second-order valence-corrected chi connectivity index (χ2v) is 3.02. The summed E-state index contributed by atoms with van der Waals surface area (Å²) < 4.78 is 1.69. The van der Waals surface area contributed by atoms with E-state index in [0.717, 1.165) is 16.8 Å². The molecule has 62 valence electrons. The van der Waals surface area contributed by atoms with Crippen molar-refractivity contribution in [1.29, 1.82) is 0 Å². The summed E-state index contributed by atoms with van der Waals surface area (Å²) in [4.78, 5) is 0. The standard InChI is InChI=1S/C9H10N2O/c1-6-3-9(12)8-4-7(2)10-11(8)5-6/h3-5,12H,1-2H3. The Morgan fingerprint density at radius 1 is 1.33 bits per heavy atom. The maximum Gasteiger partial charge on any atom is 0.141 e. The lowest BCUT2D eigenvalue weighted by Gasteiger charge is -1.97. The molecule has 0 aliphatic carbocycles. The molecule has 2 heterocycles. The molecule has 2 aromatic heterocycles. The van der Waals surface area contributed by atoms with Gasteiger partial charge in [0.25, 0.3) is 0 Å². The molecule has 1 N–H and O–H groups in total. The number of fused-ring (bicyclic) bond motifs is 1. The van der Waals surface area contributed by atoms with Gasteiger partial charge in [-0.2, -0.15) is 5.10 Å². The highest BCUT2D eigenvalue weighted by atomic mass is 16.3. The van der Waals surface area contributed by atoms with Gasteiger partial charge in [0.05, 0.1) is 5.69 Å². The number of aryl methyl sites for hydroxylation is 2. The minimum atomic E-state index is 0.288. The molecule has 2 rings (SSSR count). The highest BCUT2D eigenvalue weighted by Crippen LogP contribution is 2.19. The van der Waals surface area contributed by atoms with E-state index in [1.165, 1.54) is 0 Å². The molecule has 0 aliphatic rings. The largest absolute Gasteiger partial charge is 0.506 e. The summed E-state index contributed by atoms with van der Waals surface area (Å²) in [5.74, 6) is 0.288. The summed E-state index contributed by atoms with van der Waals surface area (Å²) in [7, 11) is 0. The third-order valence-corrected chi connectivity index (χ3v) is 1.81. The molecule has 0 bridgehead atoms. The van der Waals surface area contributed by atoms with Crippen molar-refractivity contribution in [2.45, 2.75) is 13.8 Å². The molecule has 0 unspecified atom stereocenters. The van der Waals surface area contributed by atoms with E-state index in [1.54, 1.807) is 10.6 Å². The third-order valence-electron chi connectivity index (χ3n) is 1.81. The first-order valence-corrected chi connectivity index (χ1v) is 3.82. The van der Waals surface area contributed by atoms with Crippen molar-refractivity contribution in [2.75, 3.05) is 0 Å². The molecule has 0 aromatic carbocycles. The Kier molecular flexibility index (Phi) is 1.33. The molecule has 0 atom stereocenters. The van der Waals surface area contributed by atoms with E-state index in [2.05, 4.69) is 5.10 Å². The zero-order chi connectivity index (χ0) is 8.72. The van der Waals surface area contributed by atoms with Gasteiger partial charge in [-0.3, -0.25) is 0 Å². The quantitative estimate of drug-likeness (QED) is 0.639. The minimum absolute atomic E-state index is 0.288. The average Bonchev–Trinajstić information content (AvgIpc) is 2.29. The SMILES string of the molecule is Cc1cc(O)c2cc(C)nn2c1. The first-order chi connectivity index (χ1) is 5.66. The average molecular weight is 162 g/mol.